The molecule has 1 N–H and O–H groups in total. The molecule has 2 rings (SSSR count). The lowest BCUT2D eigenvalue weighted by atomic mass is 10.2. The topological polar surface area (TPSA) is 83.6 Å². The minimum atomic E-state index is -0.212. The third-order valence-electron chi connectivity index (χ3n) is 2.78. The number of hydrogen-bond acceptors (Lipinski definition) is 5. The fraction of sp³-hybridized carbons (Fsp3) is 0.333. The van der Waals surface area contributed by atoms with Crippen molar-refractivity contribution in [2.24, 2.45) is 0 Å². The van der Waals surface area contributed by atoms with Crippen LogP contribution in [0.1, 0.15) is 16.1 Å². The molecule has 100 valence electrons. The predicted octanol–water partition coefficient (Wildman–Crippen LogP) is 0.0532. The number of aryl methyl sites for hydroxylation is 1. The van der Waals surface area contributed by atoms with E-state index in [0.29, 0.717) is 23.6 Å². The van der Waals surface area contributed by atoms with Crippen LogP contribution >= 0.6 is 0 Å². The monoisotopic (exact) mass is 261 g/mol. The lowest BCUT2D eigenvalue weighted by Crippen LogP contribution is -2.34. The molecule has 0 unspecified atom stereocenters. The summed E-state index contributed by atoms with van der Waals surface area (Å²) < 4.78 is 1.51. The lowest BCUT2D eigenvalue weighted by Gasteiger charge is -2.20. The van der Waals surface area contributed by atoms with Crippen molar-refractivity contribution in [3.63, 3.8) is 0 Å². The van der Waals surface area contributed by atoms with E-state index in [-0.39, 0.29) is 19.1 Å². The van der Waals surface area contributed by atoms with E-state index in [9.17, 15) is 4.79 Å². The summed E-state index contributed by atoms with van der Waals surface area (Å²) in [6.07, 6.45) is 4.48. The van der Waals surface area contributed by atoms with E-state index >= 15 is 0 Å². The average molecular weight is 261 g/mol. The summed E-state index contributed by atoms with van der Waals surface area (Å²) in [6.45, 7) is 5.90. The van der Waals surface area contributed by atoms with Crippen LogP contribution in [0.4, 0.5) is 0 Å². The molecule has 0 aromatic carbocycles. The van der Waals surface area contributed by atoms with Crippen molar-refractivity contribution in [1.29, 1.82) is 0 Å². The Bertz CT molecular complexity index is 607. The van der Waals surface area contributed by atoms with Gasteiger partial charge in [-0.3, -0.25) is 4.79 Å². The minimum absolute atomic E-state index is 0.0996. The Morgan fingerprint density at radius 1 is 1.58 bits per heavy atom. The standard InChI is InChI=1S/C12H15N5O2/c1-3-4-16(5-6-18)11(19)10-7-13-12-14-8-15-17(12)9(10)2/h3,7-8,18H,1,4-6H2,2H3. The molecule has 7 nitrogen and oxygen atoms in total. The Balaban J connectivity index is 2.38. The number of carbonyl (C=O) groups excluding carboxylic acids is 1. The average Bonchev–Trinajstić information content (AvgIpc) is 2.87. The van der Waals surface area contributed by atoms with Crippen molar-refractivity contribution in [3.8, 4) is 0 Å². The SMILES string of the molecule is C=CCN(CCO)C(=O)c1cnc2ncnn2c1C. The summed E-state index contributed by atoms with van der Waals surface area (Å²) in [5.41, 5.74) is 1.10. The van der Waals surface area contributed by atoms with Crippen molar-refractivity contribution in [3.05, 3.63) is 36.4 Å². The van der Waals surface area contributed by atoms with Crippen molar-refractivity contribution in [1.82, 2.24) is 24.5 Å². The van der Waals surface area contributed by atoms with Gasteiger partial charge in [0.1, 0.15) is 6.33 Å². The maximum atomic E-state index is 12.4. The van der Waals surface area contributed by atoms with Gasteiger partial charge in [0.2, 0.25) is 0 Å². The van der Waals surface area contributed by atoms with Crippen molar-refractivity contribution in [2.75, 3.05) is 19.7 Å². The number of fused-ring (bicyclic) bond motifs is 1. The molecule has 0 radical (unpaired) electrons. The fourth-order valence-corrected chi connectivity index (χ4v) is 1.82. The molecule has 2 heterocycles. The number of amides is 1. The van der Waals surface area contributed by atoms with Gasteiger partial charge in [-0.15, -0.1) is 6.58 Å². The second kappa shape index (κ2) is 5.57. The first-order valence-corrected chi connectivity index (χ1v) is 5.85. The molecular formula is C12H15N5O2. The van der Waals surface area contributed by atoms with E-state index < -0.39 is 0 Å². The highest BCUT2D eigenvalue weighted by atomic mass is 16.3. The summed E-state index contributed by atoms with van der Waals surface area (Å²) in [5.74, 6) is 0.239. The zero-order chi connectivity index (χ0) is 13.8. The minimum Gasteiger partial charge on any atom is -0.395 e. The van der Waals surface area contributed by atoms with Crippen LogP contribution in [0.15, 0.2) is 25.2 Å². The van der Waals surface area contributed by atoms with Crippen LogP contribution in [0.2, 0.25) is 0 Å². The lowest BCUT2D eigenvalue weighted by molar-refractivity contribution is 0.0741. The predicted molar refractivity (Wildman–Crippen MR) is 68.7 cm³/mol. The van der Waals surface area contributed by atoms with Crippen LogP contribution in [-0.4, -0.2) is 55.2 Å². The van der Waals surface area contributed by atoms with Gasteiger partial charge in [0, 0.05) is 19.3 Å². The molecule has 0 atom stereocenters. The van der Waals surface area contributed by atoms with E-state index in [1.165, 1.54) is 21.9 Å². The number of hydrogen-bond donors (Lipinski definition) is 1. The Morgan fingerprint density at radius 2 is 2.37 bits per heavy atom. The molecular weight excluding hydrogens is 246 g/mol. The van der Waals surface area contributed by atoms with E-state index in [1.807, 2.05) is 0 Å². The van der Waals surface area contributed by atoms with Crippen molar-refractivity contribution < 1.29 is 9.90 Å². The van der Waals surface area contributed by atoms with Gasteiger partial charge >= 0.3 is 0 Å². The van der Waals surface area contributed by atoms with Gasteiger partial charge in [-0.2, -0.15) is 10.1 Å². The van der Waals surface area contributed by atoms with Crippen LogP contribution in [-0.2, 0) is 0 Å². The van der Waals surface area contributed by atoms with E-state index in [1.54, 1.807) is 13.0 Å². The van der Waals surface area contributed by atoms with Gasteiger partial charge in [0.25, 0.3) is 11.7 Å². The highest BCUT2D eigenvalue weighted by Gasteiger charge is 2.18. The molecule has 0 saturated heterocycles. The zero-order valence-electron chi connectivity index (χ0n) is 10.7. The number of aliphatic hydroxyl groups is 1. The molecule has 0 aliphatic carbocycles. The van der Waals surface area contributed by atoms with Crippen LogP contribution in [0.5, 0.6) is 0 Å². The Labute approximate surface area is 110 Å². The van der Waals surface area contributed by atoms with Crippen LogP contribution in [0.3, 0.4) is 0 Å². The van der Waals surface area contributed by atoms with E-state index in [4.69, 9.17) is 5.11 Å². The molecule has 2 aromatic rings. The van der Waals surface area contributed by atoms with Gasteiger partial charge in [-0.05, 0) is 6.92 Å². The first-order valence-electron chi connectivity index (χ1n) is 5.85. The molecule has 0 fully saturated rings. The third-order valence-corrected chi connectivity index (χ3v) is 2.78. The molecule has 0 bridgehead atoms. The molecule has 1 amide bonds. The maximum absolute atomic E-state index is 12.4. The van der Waals surface area contributed by atoms with Gasteiger partial charge < -0.3 is 10.0 Å². The molecule has 2 aromatic heterocycles. The first-order chi connectivity index (χ1) is 9.19. The van der Waals surface area contributed by atoms with E-state index in [2.05, 4.69) is 21.6 Å². The smallest absolute Gasteiger partial charge is 0.257 e. The maximum Gasteiger partial charge on any atom is 0.257 e. The van der Waals surface area contributed by atoms with Crippen LogP contribution in [0.25, 0.3) is 5.78 Å². The van der Waals surface area contributed by atoms with Crippen LogP contribution < -0.4 is 0 Å². The number of nitrogens with zero attached hydrogens (tertiary/aromatic N) is 5. The Hall–Kier alpha value is -2.28. The fourth-order valence-electron chi connectivity index (χ4n) is 1.82. The first kappa shape index (κ1) is 13.2. The summed E-state index contributed by atoms with van der Waals surface area (Å²) in [7, 11) is 0. The quantitative estimate of drug-likeness (QED) is 0.769. The second-order valence-corrected chi connectivity index (χ2v) is 3.99. The molecule has 0 saturated carbocycles. The molecule has 0 spiro atoms. The van der Waals surface area contributed by atoms with E-state index in [0.717, 1.165) is 0 Å². The molecule has 0 aliphatic rings. The van der Waals surface area contributed by atoms with Crippen molar-refractivity contribution >= 4 is 11.7 Å². The van der Waals surface area contributed by atoms with Gasteiger partial charge in [-0.25, -0.2) is 9.50 Å². The van der Waals surface area contributed by atoms with Crippen molar-refractivity contribution in [2.45, 2.75) is 6.92 Å². The number of carbonyl (C=O) groups is 1. The zero-order valence-corrected chi connectivity index (χ0v) is 10.7. The van der Waals surface area contributed by atoms with Crippen LogP contribution in [0, 0.1) is 6.92 Å². The Morgan fingerprint density at radius 3 is 3.05 bits per heavy atom. The summed E-state index contributed by atoms with van der Waals surface area (Å²) in [5, 5.41) is 13.0. The van der Waals surface area contributed by atoms with Gasteiger partial charge in [0.15, 0.2) is 0 Å². The highest BCUT2D eigenvalue weighted by Crippen LogP contribution is 2.10. The van der Waals surface area contributed by atoms with Gasteiger partial charge in [0.05, 0.1) is 17.9 Å². The number of rotatable bonds is 5. The normalized spacial score (nSPS) is 10.6. The second-order valence-electron chi connectivity index (χ2n) is 3.99. The summed E-state index contributed by atoms with van der Waals surface area (Å²) >= 11 is 0. The number of aromatic nitrogens is 4. The molecule has 0 aliphatic heterocycles. The third kappa shape index (κ3) is 2.45. The van der Waals surface area contributed by atoms with Gasteiger partial charge in [-0.1, -0.05) is 6.08 Å². The number of aliphatic hydroxyl groups excluding tert-OH is 1. The summed E-state index contributed by atoms with van der Waals surface area (Å²) in [4.78, 5) is 21.9. The summed E-state index contributed by atoms with van der Waals surface area (Å²) in [6, 6.07) is 0. The Kier molecular flexibility index (Phi) is 3.86. The molecule has 19 heavy (non-hydrogen) atoms. The largest absolute Gasteiger partial charge is 0.395 e. The highest BCUT2D eigenvalue weighted by molar-refractivity contribution is 5.95. The molecule has 7 heteroatoms.